The van der Waals surface area contributed by atoms with Gasteiger partial charge in [-0.1, -0.05) is 32.0 Å². The predicted molar refractivity (Wildman–Crippen MR) is 131 cm³/mol. The molecule has 0 bridgehead atoms. The van der Waals surface area contributed by atoms with Crippen LogP contribution in [0.15, 0.2) is 71.6 Å². The van der Waals surface area contributed by atoms with Crippen molar-refractivity contribution in [3.05, 3.63) is 89.0 Å². The van der Waals surface area contributed by atoms with E-state index in [-0.39, 0.29) is 22.8 Å². The third-order valence-corrected chi connectivity index (χ3v) is 6.90. The summed E-state index contributed by atoms with van der Waals surface area (Å²) in [6.07, 6.45) is 0. The van der Waals surface area contributed by atoms with Crippen LogP contribution >= 0.6 is 0 Å². The highest BCUT2D eigenvalue weighted by molar-refractivity contribution is 7.92. The summed E-state index contributed by atoms with van der Waals surface area (Å²) in [4.78, 5) is 13.0. The summed E-state index contributed by atoms with van der Waals surface area (Å²) >= 11 is 0. The van der Waals surface area contributed by atoms with Crippen LogP contribution in [0.25, 0.3) is 0 Å². The van der Waals surface area contributed by atoms with E-state index in [4.69, 9.17) is 4.74 Å². The van der Waals surface area contributed by atoms with Crippen LogP contribution in [0.5, 0.6) is 5.75 Å². The quantitative estimate of drug-likeness (QED) is 0.464. The van der Waals surface area contributed by atoms with Gasteiger partial charge in [0.2, 0.25) is 0 Å². The monoisotopic (exact) mass is 466 g/mol. The smallest absolute Gasteiger partial charge is 0.261 e. The summed E-state index contributed by atoms with van der Waals surface area (Å²) in [5, 5.41) is 3.03. The van der Waals surface area contributed by atoms with Gasteiger partial charge in [0.1, 0.15) is 5.75 Å². The van der Waals surface area contributed by atoms with Crippen molar-refractivity contribution in [2.75, 3.05) is 11.8 Å². The first-order valence-electron chi connectivity index (χ1n) is 10.8. The number of hydrogen-bond acceptors (Lipinski definition) is 4. The van der Waals surface area contributed by atoms with Crippen LogP contribution in [0.4, 0.5) is 5.69 Å². The molecular weight excluding hydrogens is 436 g/mol. The van der Waals surface area contributed by atoms with E-state index in [0.717, 1.165) is 22.4 Å². The van der Waals surface area contributed by atoms with Gasteiger partial charge in [0.25, 0.3) is 15.9 Å². The van der Waals surface area contributed by atoms with Crippen molar-refractivity contribution < 1.29 is 17.9 Å². The summed E-state index contributed by atoms with van der Waals surface area (Å²) in [5.41, 5.74) is 3.99. The highest BCUT2D eigenvalue weighted by atomic mass is 32.2. The molecule has 3 aromatic rings. The van der Waals surface area contributed by atoms with Crippen LogP contribution < -0.4 is 14.8 Å². The number of methoxy groups -OCH3 is 1. The molecular formula is C26H30N2O4S. The number of aryl methyl sites for hydroxylation is 1. The molecule has 0 radical (unpaired) electrons. The van der Waals surface area contributed by atoms with Gasteiger partial charge in [-0.3, -0.25) is 9.52 Å². The number of carbonyl (C=O) groups excluding carboxylic acids is 1. The predicted octanol–water partition coefficient (Wildman–Crippen LogP) is 5.42. The molecule has 3 rings (SSSR count). The number of benzene rings is 3. The van der Waals surface area contributed by atoms with Crippen LogP contribution in [0.1, 0.15) is 59.8 Å². The van der Waals surface area contributed by atoms with Crippen molar-refractivity contribution in [2.24, 2.45) is 0 Å². The van der Waals surface area contributed by atoms with Crippen LogP contribution in [-0.4, -0.2) is 21.4 Å². The molecule has 0 fully saturated rings. The highest BCUT2D eigenvalue weighted by Gasteiger charge is 2.18. The third-order valence-electron chi connectivity index (χ3n) is 5.51. The van der Waals surface area contributed by atoms with E-state index >= 15 is 0 Å². The van der Waals surface area contributed by atoms with E-state index in [9.17, 15) is 13.2 Å². The second-order valence-corrected chi connectivity index (χ2v) is 9.98. The lowest BCUT2D eigenvalue weighted by Crippen LogP contribution is -2.27. The first kappa shape index (κ1) is 24.3. The summed E-state index contributed by atoms with van der Waals surface area (Å²) in [5.74, 6) is 0.897. The number of rotatable bonds is 8. The Morgan fingerprint density at radius 3 is 2.12 bits per heavy atom. The number of nitrogens with one attached hydrogen (secondary N) is 2. The number of amides is 1. The summed E-state index contributed by atoms with van der Waals surface area (Å²) in [6.45, 7) is 8.15. The topological polar surface area (TPSA) is 84.5 Å². The van der Waals surface area contributed by atoms with E-state index in [1.165, 1.54) is 12.1 Å². The fourth-order valence-electron chi connectivity index (χ4n) is 3.67. The van der Waals surface area contributed by atoms with Crippen molar-refractivity contribution in [2.45, 2.75) is 44.6 Å². The Morgan fingerprint density at radius 1 is 0.909 bits per heavy atom. The van der Waals surface area contributed by atoms with E-state index in [1.807, 2.05) is 19.9 Å². The molecule has 33 heavy (non-hydrogen) atoms. The lowest BCUT2D eigenvalue weighted by atomic mass is 9.93. The van der Waals surface area contributed by atoms with E-state index < -0.39 is 10.0 Å². The van der Waals surface area contributed by atoms with Crippen molar-refractivity contribution in [3.63, 3.8) is 0 Å². The first-order chi connectivity index (χ1) is 15.6. The summed E-state index contributed by atoms with van der Waals surface area (Å²) in [6, 6.07) is 18.4. The lowest BCUT2D eigenvalue weighted by molar-refractivity contribution is 0.0940. The van der Waals surface area contributed by atoms with Gasteiger partial charge in [0, 0.05) is 11.3 Å². The van der Waals surface area contributed by atoms with Crippen molar-refractivity contribution >= 4 is 21.6 Å². The van der Waals surface area contributed by atoms with Gasteiger partial charge in [-0.2, -0.15) is 0 Å². The number of anilines is 1. The number of hydrogen-bond donors (Lipinski definition) is 2. The molecule has 7 heteroatoms. The molecule has 2 N–H and O–H groups in total. The fraction of sp³-hybridized carbons (Fsp3) is 0.269. The molecule has 0 heterocycles. The average Bonchev–Trinajstić information content (AvgIpc) is 2.79. The minimum Gasteiger partial charge on any atom is -0.496 e. The number of sulfonamides is 1. The standard InChI is InChI=1S/C26H30N2O4S/c1-17(2)23-16-24(18(3)15-25(23)32-5)19(4)27-26(29)20-11-13-21(14-12-20)28-33(30,31)22-9-7-6-8-10-22/h6-17,19,28H,1-5H3,(H,27,29)/t19-/m0/s1. The minimum atomic E-state index is -3.68. The molecule has 0 saturated heterocycles. The normalized spacial score (nSPS) is 12.3. The van der Waals surface area contributed by atoms with Gasteiger partial charge in [0.05, 0.1) is 18.0 Å². The second-order valence-electron chi connectivity index (χ2n) is 8.30. The van der Waals surface area contributed by atoms with Crippen LogP contribution in [0, 0.1) is 6.92 Å². The van der Waals surface area contributed by atoms with Gasteiger partial charge >= 0.3 is 0 Å². The van der Waals surface area contributed by atoms with Gasteiger partial charge in [0.15, 0.2) is 0 Å². The Labute approximate surface area is 196 Å². The molecule has 3 aromatic carbocycles. The maximum Gasteiger partial charge on any atom is 0.261 e. The molecule has 0 aromatic heterocycles. The zero-order valence-electron chi connectivity index (χ0n) is 19.5. The molecule has 174 valence electrons. The molecule has 1 atom stereocenters. The molecule has 0 aliphatic rings. The zero-order chi connectivity index (χ0) is 24.2. The Morgan fingerprint density at radius 2 is 1.55 bits per heavy atom. The van der Waals surface area contributed by atoms with Crippen molar-refractivity contribution in [1.82, 2.24) is 5.32 Å². The van der Waals surface area contributed by atoms with E-state index in [0.29, 0.717) is 11.3 Å². The Kier molecular flexibility index (Phi) is 7.43. The van der Waals surface area contributed by atoms with Crippen LogP contribution in [0.2, 0.25) is 0 Å². The third kappa shape index (κ3) is 5.73. The number of carbonyl (C=O) groups is 1. The van der Waals surface area contributed by atoms with Crippen molar-refractivity contribution in [1.29, 1.82) is 0 Å². The van der Waals surface area contributed by atoms with Crippen LogP contribution in [0.3, 0.4) is 0 Å². The highest BCUT2D eigenvalue weighted by Crippen LogP contribution is 2.32. The molecule has 0 aliphatic heterocycles. The van der Waals surface area contributed by atoms with Crippen LogP contribution in [-0.2, 0) is 10.0 Å². The summed E-state index contributed by atoms with van der Waals surface area (Å²) in [7, 11) is -2.02. The Bertz CT molecular complexity index is 1220. The SMILES string of the molecule is COc1cc(C)c([C@H](C)NC(=O)c2ccc(NS(=O)(=O)c3ccccc3)cc2)cc1C(C)C. The maximum absolute atomic E-state index is 12.8. The average molecular weight is 467 g/mol. The molecule has 0 spiro atoms. The maximum atomic E-state index is 12.8. The van der Waals surface area contributed by atoms with E-state index in [2.05, 4.69) is 30.0 Å². The lowest BCUT2D eigenvalue weighted by Gasteiger charge is -2.21. The molecule has 6 nitrogen and oxygen atoms in total. The van der Waals surface area contributed by atoms with Gasteiger partial charge < -0.3 is 10.1 Å². The van der Waals surface area contributed by atoms with Gasteiger partial charge in [-0.05, 0) is 85.0 Å². The van der Waals surface area contributed by atoms with Gasteiger partial charge in [-0.25, -0.2) is 8.42 Å². The fourth-order valence-corrected chi connectivity index (χ4v) is 4.75. The zero-order valence-corrected chi connectivity index (χ0v) is 20.4. The molecule has 1 amide bonds. The minimum absolute atomic E-state index is 0.177. The molecule has 0 aliphatic carbocycles. The molecule has 0 saturated carbocycles. The Balaban J connectivity index is 1.73. The largest absolute Gasteiger partial charge is 0.496 e. The second kappa shape index (κ2) is 10.1. The van der Waals surface area contributed by atoms with E-state index in [1.54, 1.807) is 49.6 Å². The first-order valence-corrected chi connectivity index (χ1v) is 12.3. The van der Waals surface area contributed by atoms with Gasteiger partial charge in [-0.15, -0.1) is 0 Å². The Hall–Kier alpha value is -3.32. The van der Waals surface area contributed by atoms with Crippen molar-refractivity contribution in [3.8, 4) is 5.75 Å². The molecule has 0 unspecified atom stereocenters. The summed E-state index contributed by atoms with van der Waals surface area (Å²) < 4.78 is 33.0. The number of ether oxygens (including phenoxy) is 1.